The van der Waals surface area contributed by atoms with Crippen molar-refractivity contribution in [1.29, 1.82) is 5.26 Å². The van der Waals surface area contributed by atoms with Crippen LogP contribution in [0.4, 0.5) is 11.5 Å². The van der Waals surface area contributed by atoms with Crippen LogP contribution in [0.5, 0.6) is 0 Å². The van der Waals surface area contributed by atoms with Gasteiger partial charge < -0.3 is 10.6 Å². The second-order valence-electron chi connectivity index (χ2n) is 9.00. The average molecular weight is 420 g/mol. The zero-order chi connectivity index (χ0) is 22.7. The van der Waals surface area contributed by atoms with Gasteiger partial charge in [-0.05, 0) is 68.1 Å². The van der Waals surface area contributed by atoms with Crippen LogP contribution in [0.2, 0.25) is 0 Å². The third kappa shape index (κ3) is 4.39. The summed E-state index contributed by atoms with van der Waals surface area (Å²) >= 11 is 0. The second kappa shape index (κ2) is 9.68. The van der Waals surface area contributed by atoms with Crippen LogP contribution >= 0.6 is 0 Å². The number of hydrogen-bond acceptors (Lipinski definition) is 5. The molecule has 1 heterocycles. The highest BCUT2D eigenvalue weighted by atomic mass is 15.2. The van der Waals surface area contributed by atoms with Crippen molar-refractivity contribution in [3.63, 3.8) is 0 Å². The molecule has 1 unspecified atom stereocenters. The molecular formula is C26H37N5. The van der Waals surface area contributed by atoms with Gasteiger partial charge >= 0.3 is 0 Å². The number of nitrogens with zero attached hydrogens (tertiary/aromatic N) is 4. The lowest BCUT2D eigenvalue weighted by Gasteiger charge is -2.33. The first-order valence-electron chi connectivity index (χ1n) is 11.8. The van der Waals surface area contributed by atoms with Crippen LogP contribution in [0.3, 0.4) is 0 Å². The van der Waals surface area contributed by atoms with Gasteiger partial charge in [-0.25, -0.2) is 9.97 Å². The first-order chi connectivity index (χ1) is 14.9. The molecule has 0 radical (unpaired) electrons. The van der Waals surface area contributed by atoms with Crippen molar-refractivity contribution in [2.24, 2.45) is 0 Å². The molecule has 0 bridgehead atoms. The van der Waals surface area contributed by atoms with Gasteiger partial charge in [0.05, 0.1) is 11.3 Å². The minimum atomic E-state index is 0.260. The summed E-state index contributed by atoms with van der Waals surface area (Å²) in [5.41, 5.74) is 12.3. The Labute approximate surface area is 187 Å². The zero-order valence-corrected chi connectivity index (χ0v) is 20.0. The number of nitriles is 1. The SMILES string of the molecule is CCc1nc2c(c(N(C)[C@H](C)CC)n1)CCC(c1c([C@@H](C)CC)ccc(N)c1C#N)C2. The van der Waals surface area contributed by atoms with Gasteiger partial charge in [0.25, 0.3) is 0 Å². The minimum Gasteiger partial charge on any atom is -0.398 e. The second-order valence-corrected chi connectivity index (χ2v) is 9.00. The van der Waals surface area contributed by atoms with Crippen molar-refractivity contribution in [1.82, 2.24) is 9.97 Å². The molecule has 31 heavy (non-hydrogen) atoms. The third-order valence-electron chi connectivity index (χ3n) is 7.18. The van der Waals surface area contributed by atoms with E-state index in [0.29, 0.717) is 23.2 Å². The van der Waals surface area contributed by atoms with Crippen molar-refractivity contribution >= 4 is 11.5 Å². The maximum atomic E-state index is 9.93. The fraction of sp³-hybridized carbons (Fsp3) is 0.577. The summed E-state index contributed by atoms with van der Waals surface area (Å²) in [4.78, 5) is 12.2. The van der Waals surface area contributed by atoms with Crippen LogP contribution in [0.15, 0.2) is 12.1 Å². The molecule has 1 aromatic heterocycles. The molecule has 3 atom stereocenters. The van der Waals surface area contributed by atoms with Crippen molar-refractivity contribution in [3.05, 3.63) is 45.9 Å². The molecule has 0 fully saturated rings. The molecule has 2 aromatic rings. The first kappa shape index (κ1) is 23.1. The van der Waals surface area contributed by atoms with Crippen LogP contribution in [0.1, 0.15) is 99.5 Å². The minimum absolute atomic E-state index is 0.260. The molecular weight excluding hydrogens is 382 g/mol. The fourth-order valence-corrected chi connectivity index (χ4v) is 4.69. The van der Waals surface area contributed by atoms with Crippen molar-refractivity contribution < 1.29 is 0 Å². The molecule has 5 heteroatoms. The van der Waals surface area contributed by atoms with Gasteiger partial charge in [0, 0.05) is 30.8 Å². The molecule has 166 valence electrons. The zero-order valence-electron chi connectivity index (χ0n) is 20.0. The van der Waals surface area contributed by atoms with Crippen LogP contribution in [-0.2, 0) is 19.3 Å². The largest absolute Gasteiger partial charge is 0.398 e. The van der Waals surface area contributed by atoms with Gasteiger partial charge in [-0.1, -0.05) is 33.8 Å². The smallest absolute Gasteiger partial charge is 0.135 e. The molecule has 1 aliphatic carbocycles. The van der Waals surface area contributed by atoms with E-state index in [1.165, 1.54) is 11.1 Å². The number of aryl methyl sites for hydroxylation is 1. The van der Waals surface area contributed by atoms with E-state index >= 15 is 0 Å². The summed E-state index contributed by atoms with van der Waals surface area (Å²) in [5, 5.41) is 9.93. The number of benzene rings is 1. The molecule has 3 rings (SSSR count). The van der Waals surface area contributed by atoms with Crippen LogP contribution in [0.25, 0.3) is 0 Å². The summed E-state index contributed by atoms with van der Waals surface area (Å²) < 4.78 is 0. The molecule has 0 saturated carbocycles. The topological polar surface area (TPSA) is 78.8 Å². The molecule has 0 saturated heterocycles. The highest BCUT2D eigenvalue weighted by molar-refractivity contribution is 5.62. The summed E-state index contributed by atoms with van der Waals surface area (Å²) in [5.74, 6) is 2.65. The Morgan fingerprint density at radius 3 is 2.55 bits per heavy atom. The van der Waals surface area contributed by atoms with E-state index in [1.54, 1.807) is 0 Å². The summed E-state index contributed by atoms with van der Waals surface area (Å²) in [6.07, 6.45) is 5.70. The fourth-order valence-electron chi connectivity index (χ4n) is 4.69. The summed E-state index contributed by atoms with van der Waals surface area (Å²) in [6, 6.07) is 6.87. The van der Waals surface area contributed by atoms with Crippen molar-refractivity contribution in [3.8, 4) is 6.07 Å². The molecule has 0 spiro atoms. The summed E-state index contributed by atoms with van der Waals surface area (Å²) in [7, 11) is 2.15. The van der Waals surface area contributed by atoms with E-state index in [9.17, 15) is 5.26 Å². The van der Waals surface area contributed by atoms with Gasteiger partial charge in [0.2, 0.25) is 0 Å². The maximum absolute atomic E-state index is 9.93. The monoisotopic (exact) mass is 419 g/mol. The lowest BCUT2D eigenvalue weighted by molar-refractivity contribution is 0.550. The highest BCUT2D eigenvalue weighted by Gasteiger charge is 2.30. The van der Waals surface area contributed by atoms with Gasteiger partial charge in [0.1, 0.15) is 17.7 Å². The van der Waals surface area contributed by atoms with Crippen LogP contribution in [-0.4, -0.2) is 23.1 Å². The van der Waals surface area contributed by atoms with Crippen LogP contribution < -0.4 is 10.6 Å². The van der Waals surface area contributed by atoms with Gasteiger partial charge in [0.15, 0.2) is 0 Å². The number of anilines is 2. The number of rotatable bonds is 7. The molecule has 1 aromatic carbocycles. The molecule has 2 N–H and O–H groups in total. The number of aromatic nitrogens is 2. The lowest BCUT2D eigenvalue weighted by atomic mass is 9.76. The predicted molar refractivity (Wildman–Crippen MR) is 129 cm³/mol. The highest BCUT2D eigenvalue weighted by Crippen LogP contribution is 2.41. The predicted octanol–water partition coefficient (Wildman–Crippen LogP) is 5.51. The molecule has 0 aliphatic heterocycles. The Morgan fingerprint density at radius 1 is 1.19 bits per heavy atom. The standard InChI is InChI=1S/C26H37N5/c1-7-16(4)19-12-13-22(28)21(15-27)25(19)18-10-11-20-23(14-18)29-24(9-3)30-26(20)31(6)17(5)8-2/h12-13,16-18H,7-11,14,28H2,1-6H3/t16-,17+,18?/m0/s1. The Hall–Kier alpha value is -2.61. The van der Waals surface area contributed by atoms with Crippen molar-refractivity contribution in [2.45, 2.75) is 91.0 Å². The quantitative estimate of drug-likeness (QED) is 0.598. The third-order valence-corrected chi connectivity index (χ3v) is 7.18. The van der Waals surface area contributed by atoms with E-state index in [0.717, 1.165) is 61.4 Å². The molecule has 1 aliphatic rings. The normalized spacial score (nSPS) is 17.5. The van der Waals surface area contributed by atoms with Crippen LogP contribution in [0, 0.1) is 11.3 Å². The van der Waals surface area contributed by atoms with Crippen molar-refractivity contribution in [2.75, 3.05) is 17.7 Å². The number of fused-ring (bicyclic) bond motifs is 1. The first-order valence-corrected chi connectivity index (χ1v) is 11.8. The number of hydrogen-bond donors (Lipinski definition) is 1. The summed E-state index contributed by atoms with van der Waals surface area (Å²) in [6.45, 7) is 11.0. The van der Waals surface area contributed by atoms with Gasteiger partial charge in [-0.3, -0.25) is 0 Å². The maximum Gasteiger partial charge on any atom is 0.135 e. The number of nitrogen functional groups attached to an aromatic ring is 1. The molecule has 5 nitrogen and oxygen atoms in total. The van der Waals surface area contributed by atoms with E-state index in [4.69, 9.17) is 15.7 Å². The van der Waals surface area contributed by atoms with Gasteiger partial charge in [-0.15, -0.1) is 0 Å². The molecule has 0 amide bonds. The van der Waals surface area contributed by atoms with E-state index in [1.807, 2.05) is 6.07 Å². The number of nitrogens with two attached hydrogens (primary N) is 1. The lowest BCUT2D eigenvalue weighted by Crippen LogP contribution is -2.32. The Morgan fingerprint density at radius 2 is 1.94 bits per heavy atom. The average Bonchev–Trinajstić information content (AvgIpc) is 2.80. The Balaban J connectivity index is 2.10. The Kier molecular flexibility index (Phi) is 7.20. The Bertz CT molecular complexity index is 975. The van der Waals surface area contributed by atoms with E-state index in [-0.39, 0.29) is 5.92 Å². The van der Waals surface area contributed by atoms with Gasteiger partial charge in [-0.2, -0.15) is 5.26 Å². The van der Waals surface area contributed by atoms with E-state index in [2.05, 4.69) is 58.7 Å². The van der Waals surface area contributed by atoms with E-state index < -0.39 is 0 Å².